The molecule has 29 heavy (non-hydrogen) atoms. The van der Waals surface area contributed by atoms with Crippen LogP contribution < -0.4 is 16.0 Å². The molecule has 3 rings (SSSR count). The van der Waals surface area contributed by atoms with E-state index in [1.807, 2.05) is 43.3 Å². The van der Waals surface area contributed by atoms with Gasteiger partial charge in [0, 0.05) is 23.9 Å². The average Bonchev–Trinajstić information content (AvgIpc) is 2.74. The number of anilines is 1. The molecule has 6 nitrogen and oxygen atoms in total. The lowest BCUT2D eigenvalue weighted by Crippen LogP contribution is -2.36. The van der Waals surface area contributed by atoms with Gasteiger partial charge in [-0.1, -0.05) is 35.9 Å². The molecule has 0 spiro atoms. The SMILES string of the molecule is C[C@H](NC(=O)[C@H]1CCCOC1)c1ccc(NC(=O)NCc2ccc(Cl)cc2)cc1. The molecule has 0 saturated carbocycles. The number of benzene rings is 2. The highest BCUT2D eigenvalue weighted by atomic mass is 35.5. The van der Waals surface area contributed by atoms with Crippen LogP contribution in [0, 0.1) is 5.92 Å². The van der Waals surface area contributed by atoms with Crippen molar-refractivity contribution in [2.75, 3.05) is 18.5 Å². The van der Waals surface area contributed by atoms with Crippen molar-refractivity contribution >= 4 is 29.2 Å². The van der Waals surface area contributed by atoms with Gasteiger partial charge in [-0.3, -0.25) is 4.79 Å². The van der Waals surface area contributed by atoms with E-state index in [0.29, 0.717) is 23.9 Å². The third-order valence-electron chi connectivity index (χ3n) is 4.92. The van der Waals surface area contributed by atoms with Crippen LogP contribution in [0.1, 0.15) is 36.9 Å². The Kier molecular flexibility index (Phi) is 7.49. The van der Waals surface area contributed by atoms with Crippen LogP contribution in [-0.2, 0) is 16.1 Å². The van der Waals surface area contributed by atoms with Crippen molar-refractivity contribution < 1.29 is 14.3 Å². The molecule has 2 aromatic rings. The number of ether oxygens (including phenoxy) is 1. The van der Waals surface area contributed by atoms with Gasteiger partial charge in [0.2, 0.25) is 5.91 Å². The Morgan fingerprint density at radius 1 is 1.14 bits per heavy atom. The summed E-state index contributed by atoms with van der Waals surface area (Å²) >= 11 is 5.86. The van der Waals surface area contributed by atoms with Crippen molar-refractivity contribution in [2.45, 2.75) is 32.4 Å². The predicted octanol–water partition coefficient (Wildman–Crippen LogP) is 4.27. The van der Waals surface area contributed by atoms with Gasteiger partial charge >= 0.3 is 6.03 Å². The zero-order valence-corrected chi connectivity index (χ0v) is 17.2. The molecule has 1 fully saturated rings. The van der Waals surface area contributed by atoms with E-state index in [4.69, 9.17) is 16.3 Å². The predicted molar refractivity (Wildman–Crippen MR) is 114 cm³/mol. The van der Waals surface area contributed by atoms with Gasteiger partial charge in [0.1, 0.15) is 0 Å². The first-order valence-electron chi connectivity index (χ1n) is 9.78. The zero-order chi connectivity index (χ0) is 20.6. The van der Waals surface area contributed by atoms with Gasteiger partial charge in [-0.2, -0.15) is 0 Å². The second-order valence-corrected chi connectivity index (χ2v) is 7.64. The molecule has 0 aliphatic carbocycles. The zero-order valence-electron chi connectivity index (χ0n) is 16.4. The number of carbonyl (C=O) groups is 2. The molecule has 0 radical (unpaired) electrons. The summed E-state index contributed by atoms with van der Waals surface area (Å²) in [5.41, 5.74) is 2.62. The molecule has 2 aromatic carbocycles. The van der Waals surface area contributed by atoms with Gasteiger partial charge in [0.25, 0.3) is 0 Å². The molecule has 0 aromatic heterocycles. The number of hydrogen-bond acceptors (Lipinski definition) is 3. The van der Waals surface area contributed by atoms with E-state index in [-0.39, 0.29) is 23.9 Å². The molecular weight excluding hydrogens is 390 g/mol. The molecule has 1 aliphatic heterocycles. The fraction of sp³-hybridized carbons (Fsp3) is 0.364. The van der Waals surface area contributed by atoms with E-state index in [0.717, 1.165) is 30.6 Å². The van der Waals surface area contributed by atoms with Crippen molar-refractivity contribution in [1.82, 2.24) is 10.6 Å². The molecule has 2 atom stereocenters. The number of nitrogens with one attached hydrogen (secondary N) is 3. The minimum atomic E-state index is -0.286. The molecule has 1 saturated heterocycles. The Hall–Kier alpha value is -2.57. The van der Waals surface area contributed by atoms with Crippen LogP contribution in [0.3, 0.4) is 0 Å². The lowest BCUT2D eigenvalue weighted by Gasteiger charge is -2.23. The first kappa shape index (κ1) is 21.1. The maximum absolute atomic E-state index is 12.3. The normalized spacial score (nSPS) is 17.2. The van der Waals surface area contributed by atoms with Crippen LogP contribution in [0.5, 0.6) is 0 Å². The summed E-state index contributed by atoms with van der Waals surface area (Å²) in [6.07, 6.45) is 1.79. The van der Waals surface area contributed by atoms with Crippen LogP contribution in [0.2, 0.25) is 5.02 Å². The van der Waals surface area contributed by atoms with Crippen molar-refractivity contribution in [3.63, 3.8) is 0 Å². The fourth-order valence-corrected chi connectivity index (χ4v) is 3.30. The minimum absolute atomic E-state index is 0.0287. The second kappa shape index (κ2) is 10.3. The van der Waals surface area contributed by atoms with Gasteiger partial charge in [0.15, 0.2) is 0 Å². The van der Waals surface area contributed by atoms with Crippen LogP contribution >= 0.6 is 11.6 Å². The van der Waals surface area contributed by atoms with Gasteiger partial charge < -0.3 is 20.7 Å². The molecular formula is C22H26ClN3O3. The summed E-state index contributed by atoms with van der Waals surface area (Å²) in [5.74, 6) is -0.0440. The lowest BCUT2D eigenvalue weighted by atomic mass is 10.00. The largest absolute Gasteiger partial charge is 0.381 e. The minimum Gasteiger partial charge on any atom is -0.381 e. The van der Waals surface area contributed by atoms with E-state index in [1.54, 1.807) is 12.1 Å². The van der Waals surface area contributed by atoms with Crippen molar-refractivity contribution in [3.8, 4) is 0 Å². The Balaban J connectivity index is 1.46. The highest BCUT2D eigenvalue weighted by Gasteiger charge is 2.23. The van der Waals surface area contributed by atoms with Gasteiger partial charge in [-0.15, -0.1) is 0 Å². The summed E-state index contributed by atoms with van der Waals surface area (Å²) in [6, 6.07) is 14.4. The smallest absolute Gasteiger partial charge is 0.319 e. The van der Waals surface area contributed by atoms with E-state index in [1.165, 1.54) is 0 Å². The summed E-state index contributed by atoms with van der Waals surface area (Å²) in [5, 5.41) is 9.31. The molecule has 3 amide bonds. The number of halogens is 1. The Morgan fingerprint density at radius 3 is 2.52 bits per heavy atom. The highest BCUT2D eigenvalue weighted by molar-refractivity contribution is 6.30. The molecule has 3 N–H and O–H groups in total. The number of carbonyl (C=O) groups excluding carboxylic acids is 2. The van der Waals surface area contributed by atoms with E-state index in [2.05, 4.69) is 16.0 Å². The number of rotatable bonds is 6. The van der Waals surface area contributed by atoms with E-state index >= 15 is 0 Å². The summed E-state index contributed by atoms with van der Waals surface area (Å²) in [4.78, 5) is 24.4. The molecule has 7 heteroatoms. The van der Waals surface area contributed by atoms with Crippen LogP contribution in [0.25, 0.3) is 0 Å². The summed E-state index contributed by atoms with van der Waals surface area (Å²) < 4.78 is 5.38. The number of amides is 3. The van der Waals surface area contributed by atoms with Crippen LogP contribution in [-0.4, -0.2) is 25.2 Å². The van der Waals surface area contributed by atoms with Gasteiger partial charge in [-0.05, 0) is 55.2 Å². The molecule has 1 heterocycles. The fourth-order valence-electron chi connectivity index (χ4n) is 3.18. The van der Waals surface area contributed by atoms with Gasteiger partial charge in [0.05, 0.1) is 18.6 Å². The summed E-state index contributed by atoms with van der Waals surface area (Å²) in [7, 11) is 0. The topological polar surface area (TPSA) is 79.5 Å². The third kappa shape index (κ3) is 6.48. The number of hydrogen-bond donors (Lipinski definition) is 3. The molecule has 154 valence electrons. The standard InChI is InChI=1S/C22H26ClN3O3/c1-15(25-21(27)18-3-2-12-29-14-18)17-6-10-20(11-7-17)26-22(28)24-13-16-4-8-19(23)9-5-16/h4-11,15,18H,2-3,12-14H2,1H3,(H,25,27)(H2,24,26,28)/t15-,18-/m0/s1. The maximum Gasteiger partial charge on any atom is 0.319 e. The van der Waals surface area contributed by atoms with Crippen LogP contribution in [0.4, 0.5) is 10.5 Å². The number of urea groups is 1. The van der Waals surface area contributed by atoms with E-state index < -0.39 is 0 Å². The average molecular weight is 416 g/mol. The Labute approximate surface area is 176 Å². The molecule has 1 aliphatic rings. The second-order valence-electron chi connectivity index (χ2n) is 7.20. The van der Waals surface area contributed by atoms with Gasteiger partial charge in [-0.25, -0.2) is 4.79 Å². The van der Waals surface area contributed by atoms with E-state index in [9.17, 15) is 9.59 Å². The third-order valence-corrected chi connectivity index (χ3v) is 5.18. The summed E-state index contributed by atoms with van der Waals surface area (Å²) in [6.45, 7) is 3.59. The van der Waals surface area contributed by atoms with Crippen LogP contribution in [0.15, 0.2) is 48.5 Å². The molecule has 0 unspecified atom stereocenters. The Morgan fingerprint density at radius 2 is 1.86 bits per heavy atom. The first-order chi connectivity index (χ1) is 14.0. The van der Waals surface area contributed by atoms with Crippen molar-refractivity contribution in [3.05, 3.63) is 64.7 Å². The molecule has 0 bridgehead atoms. The highest BCUT2D eigenvalue weighted by Crippen LogP contribution is 2.19. The monoisotopic (exact) mass is 415 g/mol. The quantitative estimate of drug-likeness (QED) is 0.659. The maximum atomic E-state index is 12.3. The van der Waals surface area contributed by atoms with Crippen molar-refractivity contribution in [1.29, 1.82) is 0 Å². The van der Waals surface area contributed by atoms with Crippen molar-refractivity contribution in [2.24, 2.45) is 5.92 Å². The first-order valence-corrected chi connectivity index (χ1v) is 10.2. The lowest BCUT2D eigenvalue weighted by molar-refractivity contribution is -0.129. The Bertz CT molecular complexity index is 818.